The van der Waals surface area contributed by atoms with Crippen molar-refractivity contribution in [2.75, 3.05) is 32.9 Å². The molecule has 1 fully saturated rings. The van der Waals surface area contributed by atoms with E-state index < -0.39 is 10.0 Å². The molecule has 0 unspecified atom stereocenters. The van der Waals surface area contributed by atoms with Gasteiger partial charge in [-0.3, -0.25) is 4.99 Å². The maximum atomic E-state index is 11.3. The zero-order valence-corrected chi connectivity index (χ0v) is 10.6. The Labute approximate surface area is 97.0 Å². The zero-order chi connectivity index (χ0) is 12.2. The first-order chi connectivity index (χ1) is 7.43. The first kappa shape index (κ1) is 13.2. The van der Waals surface area contributed by atoms with Crippen LogP contribution in [0.3, 0.4) is 0 Å². The fraction of sp³-hybridized carbons (Fsp3) is 0.889. The van der Waals surface area contributed by atoms with Gasteiger partial charge in [0.1, 0.15) is 0 Å². The molecule has 0 spiro atoms. The Morgan fingerprint density at radius 3 is 2.50 bits per heavy atom. The van der Waals surface area contributed by atoms with Gasteiger partial charge >= 0.3 is 0 Å². The standard InChI is InChI=1S/C9H20N4O2S/c1-11-9(10)12-7-8-3-5-13(6-4-8)16(2,14)15/h8H,3-7H2,1-2H3,(H3,10,11,12). The van der Waals surface area contributed by atoms with Gasteiger partial charge in [-0.05, 0) is 18.8 Å². The summed E-state index contributed by atoms with van der Waals surface area (Å²) >= 11 is 0. The number of guanidine groups is 1. The van der Waals surface area contributed by atoms with E-state index in [-0.39, 0.29) is 0 Å². The molecule has 0 bridgehead atoms. The molecular formula is C9H20N4O2S. The molecule has 0 saturated carbocycles. The molecular weight excluding hydrogens is 228 g/mol. The molecule has 0 aliphatic carbocycles. The summed E-state index contributed by atoms with van der Waals surface area (Å²) in [5, 5.41) is 3.02. The first-order valence-corrected chi connectivity index (χ1v) is 7.19. The second kappa shape index (κ2) is 5.49. The van der Waals surface area contributed by atoms with Gasteiger partial charge in [-0.25, -0.2) is 12.7 Å². The average Bonchev–Trinajstić information content (AvgIpc) is 2.25. The van der Waals surface area contributed by atoms with Gasteiger partial charge in [-0.1, -0.05) is 0 Å². The Morgan fingerprint density at radius 1 is 1.50 bits per heavy atom. The van der Waals surface area contributed by atoms with Gasteiger partial charge in [0.25, 0.3) is 0 Å². The number of rotatable bonds is 3. The lowest BCUT2D eigenvalue weighted by Crippen LogP contribution is -2.42. The van der Waals surface area contributed by atoms with E-state index in [1.54, 1.807) is 7.05 Å². The van der Waals surface area contributed by atoms with Gasteiger partial charge in [-0.15, -0.1) is 0 Å². The molecule has 94 valence electrons. The van der Waals surface area contributed by atoms with E-state index in [9.17, 15) is 8.42 Å². The lowest BCUT2D eigenvalue weighted by atomic mass is 9.98. The second-order valence-corrected chi connectivity index (χ2v) is 6.08. The van der Waals surface area contributed by atoms with Crippen LogP contribution >= 0.6 is 0 Å². The molecule has 3 N–H and O–H groups in total. The predicted molar refractivity (Wildman–Crippen MR) is 64.7 cm³/mol. The summed E-state index contributed by atoms with van der Waals surface area (Å²) in [6.07, 6.45) is 3.00. The van der Waals surface area contributed by atoms with Crippen molar-refractivity contribution in [1.29, 1.82) is 0 Å². The fourth-order valence-corrected chi connectivity index (χ4v) is 2.65. The van der Waals surface area contributed by atoms with E-state index in [1.807, 2.05) is 0 Å². The van der Waals surface area contributed by atoms with E-state index in [2.05, 4.69) is 10.3 Å². The first-order valence-electron chi connectivity index (χ1n) is 5.34. The lowest BCUT2D eigenvalue weighted by molar-refractivity contribution is 0.275. The molecule has 1 rings (SSSR count). The summed E-state index contributed by atoms with van der Waals surface area (Å²) in [6.45, 7) is 1.98. The third kappa shape index (κ3) is 3.97. The monoisotopic (exact) mass is 248 g/mol. The van der Waals surface area contributed by atoms with Gasteiger partial charge < -0.3 is 11.1 Å². The Morgan fingerprint density at radius 2 is 2.06 bits per heavy atom. The van der Waals surface area contributed by atoms with Crippen molar-refractivity contribution >= 4 is 16.0 Å². The molecule has 0 aromatic carbocycles. The molecule has 0 atom stereocenters. The quantitative estimate of drug-likeness (QED) is 0.505. The molecule has 0 aromatic heterocycles. The van der Waals surface area contributed by atoms with Crippen LogP contribution in [0.25, 0.3) is 0 Å². The third-order valence-electron chi connectivity index (χ3n) is 2.86. The predicted octanol–water partition coefficient (Wildman–Crippen LogP) is -0.808. The minimum atomic E-state index is -3.02. The van der Waals surface area contributed by atoms with Crippen LogP contribution in [0.15, 0.2) is 4.99 Å². The number of hydrogen-bond donors (Lipinski definition) is 2. The highest BCUT2D eigenvalue weighted by Gasteiger charge is 2.24. The minimum Gasteiger partial charge on any atom is -0.370 e. The Balaban J connectivity index is 2.33. The van der Waals surface area contributed by atoms with Crippen LogP contribution in [0, 0.1) is 5.92 Å². The van der Waals surface area contributed by atoms with E-state index in [4.69, 9.17) is 5.73 Å². The third-order valence-corrected chi connectivity index (χ3v) is 4.16. The highest BCUT2D eigenvalue weighted by molar-refractivity contribution is 7.88. The maximum absolute atomic E-state index is 11.3. The molecule has 1 aliphatic heterocycles. The number of aliphatic imine (C=N–C) groups is 1. The zero-order valence-electron chi connectivity index (χ0n) is 9.81. The van der Waals surface area contributed by atoms with E-state index >= 15 is 0 Å². The van der Waals surface area contributed by atoms with Crippen molar-refractivity contribution < 1.29 is 8.42 Å². The van der Waals surface area contributed by atoms with Gasteiger partial charge in [0.05, 0.1) is 6.26 Å². The second-order valence-electron chi connectivity index (χ2n) is 4.10. The number of nitrogens with one attached hydrogen (secondary N) is 1. The normalized spacial score (nSPS) is 21.0. The van der Waals surface area contributed by atoms with Gasteiger partial charge in [0.2, 0.25) is 10.0 Å². The van der Waals surface area contributed by atoms with E-state index in [0.717, 1.165) is 19.4 Å². The van der Waals surface area contributed by atoms with Crippen LogP contribution in [-0.4, -0.2) is 51.6 Å². The SMILES string of the molecule is CN=C(N)NCC1CCN(S(C)(=O)=O)CC1. The van der Waals surface area contributed by atoms with Gasteiger partial charge in [-0.2, -0.15) is 0 Å². The average molecular weight is 248 g/mol. The summed E-state index contributed by atoms with van der Waals surface area (Å²) < 4.78 is 24.1. The highest BCUT2D eigenvalue weighted by atomic mass is 32.2. The molecule has 0 amide bonds. The Kier molecular flexibility index (Phi) is 4.55. The number of sulfonamides is 1. The van der Waals surface area contributed by atoms with Crippen molar-refractivity contribution in [3.05, 3.63) is 0 Å². The summed E-state index contributed by atoms with van der Waals surface area (Å²) in [7, 11) is -1.39. The van der Waals surface area contributed by atoms with Crippen LogP contribution in [0.5, 0.6) is 0 Å². The topological polar surface area (TPSA) is 87.8 Å². The molecule has 0 radical (unpaired) electrons. The van der Waals surface area contributed by atoms with Crippen molar-refractivity contribution in [3.63, 3.8) is 0 Å². The van der Waals surface area contributed by atoms with Crippen molar-refractivity contribution in [1.82, 2.24) is 9.62 Å². The van der Waals surface area contributed by atoms with E-state index in [1.165, 1.54) is 10.6 Å². The van der Waals surface area contributed by atoms with Crippen molar-refractivity contribution in [2.45, 2.75) is 12.8 Å². The van der Waals surface area contributed by atoms with Crippen LogP contribution in [0.1, 0.15) is 12.8 Å². The van der Waals surface area contributed by atoms with Gasteiger partial charge in [0.15, 0.2) is 5.96 Å². The number of hydrogen-bond acceptors (Lipinski definition) is 3. The summed E-state index contributed by atoms with van der Waals surface area (Å²) in [6, 6.07) is 0. The number of nitrogens with two attached hydrogens (primary N) is 1. The molecule has 1 saturated heterocycles. The van der Waals surface area contributed by atoms with Gasteiger partial charge in [0, 0.05) is 26.7 Å². The summed E-state index contributed by atoms with van der Waals surface area (Å²) in [5.74, 6) is 0.906. The molecule has 0 aromatic rings. The van der Waals surface area contributed by atoms with Crippen molar-refractivity contribution in [2.24, 2.45) is 16.6 Å². The molecule has 6 nitrogen and oxygen atoms in total. The minimum absolute atomic E-state index is 0.436. The molecule has 16 heavy (non-hydrogen) atoms. The van der Waals surface area contributed by atoms with Crippen LogP contribution < -0.4 is 11.1 Å². The highest BCUT2D eigenvalue weighted by Crippen LogP contribution is 2.18. The van der Waals surface area contributed by atoms with Crippen LogP contribution in [0.4, 0.5) is 0 Å². The van der Waals surface area contributed by atoms with Crippen LogP contribution in [-0.2, 0) is 10.0 Å². The molecule has 7 heteroatoms. The summed E-state index contributed by atoms with van der Waals surface area (Å²) in [4.78, 5) is 3.80. The van der Waals surface area contributed by atoms with Crippen LogP contribution in [0.2, 0.25) is 0 Å². The molecule has 1 heterocycles. The Bertz CT molecular complexity index is 345. The molecule has 1 aliphatic rings. The number of piperidine rings is 1. The lowest BCUT2D eigenvalue weighted by Gasteiger charge is -2.30. The fourth-order valence-electron chi connectivity index (χ4n) is 1.77. The Hall–Kier alpha value is -0.820. The van der Waals surface area contributed by atoms with E-state index in [0.29, 0.717) is 25.0 Å². The summed E-state index contributed by atoms with van der Waals surface area (Å²) in [5.41, 5.74) is 5.52. The van der Waals surface area contributed by atoms with Crippen molar-refractivity contribution in [3.8, 4) is 0 Å². The maximum Gasteiger partial charge on any atom is 0.211 e. The largest absolute Gasteiger partial charge is 0.370 e. The number of nitrogens with zero attached hydrogens (tertiary/aromatic N) is 2. The smallest absolute Gasteiger partial charge is 0.211 e.